The molecule has 0 heterocycles. The van der Waals surface area contributed by atoms with Crippen LogP contribution in [-0.4, -0.2) is 5.88 Å². The molecule has 1 atom stereocenters. The molecule has 0 saturated heterocycles. The lowest BCUT2D eigenvalue weighted by Gasteiger charge is -2.16. The summed E-state index contributed by atoms with van der Waals surface area (Å²) in [6.07, 6.45) is 3.59. The van der Waals surface area contributed by atoms with Crippen LogP contribution in [-0.2, 0) is 6.42 Å². The standard InChI is InChI=1S/C14H21Cl/c1-4-6-13(10-15)9-14-11(2)7-5-8-12(14)3/h5,7-8,13H,4,6,9-10H2,1-3H3. The summed E-state index contributed by atoms with van der Waals surface area (Å²) in [4.78, 5) is 0. The van der Waals surface area contributed by atoms with Gasteiger partial charge >= 0.3 is 0 Å². The third-order valence-electron chi connectivity index (χ3n) is 3.05. The lowest BCUT2D eigenvalue weighted by Crippen LogP contribution is -2.08. The van der Waals surface area contributed by atoms with Crippen molar-refractivity contribution in [2.75, 3.05) is 5.88 Å². The molecule has 0 aliphatic rings. The Kier molecular flexibility index (Phi) is 5.17. The Balaban J connectivity index is 2.78. The van der Waals surface area contributed by atoms with Crippen molar-refractivity contribution in [2.24, 2.45) is 5.92 Å². The van der Waals surface area contributed by atoms with Crippen LogP contribution >= 0.6 is 11.6 Å². The quantitative estimate of drug-likeness (QED) is 0.646. The average molecular weight is 225 g/mol. The predicted molar refractivity (Wildman–Crippen MR) is 68.7 cm³/mol. The Labute approximate surface area is 98.7 Å². The maximum Gasteiger partial charge on any atom is 0.0254 e. The van der Waals surface area contributed by atoms with Gasteiger partial charge < -0.3 is 0 Å². The first kappa shape index (κ1) is 12.6. The largest absolute Gasteiger partial charge is 0.126 e. The van der Waals surface area contributed by atoms with E-state index in [9.17, 15) is 0 Å². The normalized spacial score (nSPS) is 12.8. The van der Waals surface area contributed by atoms with E-state index in [1.165, 1.54) is 29.5 Å². The van der Waals surface area contributed by atoms with Crippen LogP contribution in [0.25, 0.3) is 0 Å². The van der Waals surface area contributed by atoms with Gasteiger partial charge in [0.2, 0.25) is 0 Å². The van der Waals surface area contributed by atoms with E-state index in [1.807, 2.05) is 0 Å². The molecule has 1 rings (SSSR count). The van der Waals surface area contributed by atoms with Crippen molar-refractivity contribution in [1.82, 2.24) is 0 Å². The second-order valence-corrected chi connectivity index (χ2v) is 4.69. The van der Waals surface area contributed by atoms with Crippen molar-refractivity contribution < 1.29 is 0 Å². The number of rotatable bonds is 5. The van der Waals surface area contributed by atoms with Crippen molar-refractivity contribution in [3.8, 4) is 0 Å². The van der Waals surface area contributed by atoms with Crippen molar-refractivity contribution in [3.63, 3.8) is 0 Å². The molecular weight excluding hydrogens is 204 g/mol. The summed E-state index contributed by atoms with van der Waals surface area (Å²) in [5.41, 5.74) is 4.30. The van der Waals surface area contributed by atoms with Crippen LogP contribution in [0, 0.1) is 19.8 Å². The number of alkyl halides is 1. The summed E-state index contributed by atoms with van der Waals surface area (Å²) >= 11 is 6.00. The van der Waals surface area contributed by atoms with Gasteiger partial charge in [0, 0.05) is 5.88 Å². The van der Waals surface area contributed by atoms with Gasteiger partial charge in [-0.15, -0.1) is 11.6 Å². The van der Waals surface area contributed by atoms with Crippen LogP contribution in [0.3, 0.4) is 0 Å². The summed E-state index contributed by atoms with van der Waals surface area (Å²) in [7, 11) is 0. The topological polar surface area (TPSA) is 0 Å². The molecule has 0 bridgehead atoms. The van der Waals surface area contributed by atoms with E-state index >= 15 is 0 Å². The fourth-order valence-corrected chi connectivity index (χ4v) is 2.37. The minimum absolute atomic E-state index is 0.636. The zero-order valence-corrected chi connectivity index (χ0v) is 10.8. The number of aryl methyl sites for hydroxylation is 2. The Hall–Kier alpha value is -0.490. The fraction of sp³-hybridized carbons (Fsp3) is 0.571. The van der Waals surface area contributed by atoms with Crippen molar-refractivity contribution in [1.29, 1.82) is 0 Å². The van der Waals surface area contributed by atoms with Crippen LogP contribution in [0.15, 0.2) is 18.2 Å². The van der Waals surface area contributed by atoms with Crippen LogP contribution in [0.2, 0.25) is 0 Å². The Morgan fingerprint density at radius 2 is 1.80 bits per heavy atom. The molecule has 0 fully saturated rings. The summed E-state index contributed by atoms with van der Waals surface area (Å²) in [6, 6.07) is 6.52. The smallest absolute Gasteiger partial charge is 0.0254 e. The highest BCUT2D eigenvalue weighted by atomic mass is 35.5. The molecule has 0 spiro atoms. The van der Waals surface area contributed by atoms with E-state index in [0.717, 1.165) is 12.3 Å². The highest BCUT2D eigenvalue weighted by molar-refractivity contribution is 6.18. The van der Waals surface area contributed by atoms with Crippen molar-refractivity contribution in [2.45, 2.75) is 40.0 Å². The zero-order valence-electron chi connectivity index (χ0n) is 10.0. The highest BCUT2D eigenvalue weighted by Crippen LogP contribution is 2.21. The molecule has 0 aliphatic heterocycles. The number of hydrogen-bond acceptors (Lipinski definition) is 0. The minimum Gasteiger partial charge on any atom is -0.126 e. The van der Waals surface area contributed by atoms with Gasteiger partial charge in [0.1, 0.15) is 0 Å². The third-order valence-corrected chi connectivity index (χ3v) is 3.49. The Bertz CT molecular complexity index is 284. The van der Waals surface area contributed by atoms with Gasteiger partial charge in [0.05, 0.1) is 0 Å². The zero-order chi connectivity index (χ0) is 11.3. The van der Waals surface area contributed by atoms with E-state index in [1.54, 1.807) is 0 Å². The summed E-state index contributed by atoms with van der Waals surface area (Å²) in [6.45, 7) is 6.61. The molecule has 1 heteroatoms. The molecule has 15 heavy (non-hydrogen) atoms. The molecular formula is C14H21Cl. The van der Waals surface area contributed by atoms with Gasteiger partial charge in [-0.3, -0.25) is 0 Å². The van der Waals surface area contributed by atoms with Gasteiger partial charge in [-0.25, -0.2) is 0 Å². The average Bonchev–Trinajstić information content (AvgIpc) is 2.22. The van der Waals surface area contributed by atoms with Gasteiger partial charge in [-0.05, 0) is 49.3 Å². The highest BCUT2D eigenvalue weighted by Gasteiger charge is 2.10. The Morgan fingerprint density at radius 1 is 1.20 bits per heavy atom. The molecule has 0 N–H and O–H groups in total. The Morgan fingerprint density at radius 3 is 2.27 bits per heavy atom. The first-order chi connectivity index (χ1) is 7.19. The molecule has 0 aromatic heterocycles. The minimum atomic E-state index is 0.636. The van der Waals surface area contributed by atoms with Gasteiger partial charge in [0.15, 0.2) is 0 Å². The van der Waals surface area contributed by atoms with Crippen molar-refractivity contribution >= 4 is 11.6 Å². The molecule has 0 radical (unpaired) electrons. The van der Waals surface area contributed by atoms with Gasteiger partial charge in [0.25, 0.3) is 0 Å². The van der Waals surface area contributed by atoms with Crippen molar-refractivity contribution in [3.05, 3.63) is 34.9 Å². The lowest BCUT2D eigenvalue weighted by atomic mass is 9.91. The van der Waals surface area contributed by atoms with Crippen LogP contribution in [0.4, 0.5) is 0 Å². The van der Waals surface area contributed by atoms with Crippen LogP contribution < -0.4 is 0 Å². The van der Waals surface area contributed by atoms with E-state index in [4.69, 9.17) is 11.6 Å². The lowest BCUT2D eigenvalue weighted by molar-refractivity contribution is 0.526. The van der Waals surface area contributed by atoms with Crippen LogP contribution in [0.5, 0.6) is 0 Å². The van der Waals surface area contributed by atoms with E-state index in [-0.39, 0.29) is 0 Å². The summed E-state index contributed by atoms with van der Waals surface area (Å²) in [5, 5.41) is 0. The second-order valence-electron chi connectivity index (χ2n) is 4.38. The second kappa shape index (κ2) is 6.17. The molecule has 84 valence electrons. The predicted octanol–water partition coefficient (Wildman–Crippen LogP) is 4.50. The molecule has 0 saturated carbocycles. The monoisotopic (exact) mass is 224 g/mol. The SMILES string of the molecule is CCCC(CCl)Cc1c(C)cccc1C. The van der Waals surface area contributed by atoms with Crippen LogP contribution in [0.1, 0.15) is 36.5 Å². The number of hydrogen-bond donors (Lipinski definition) is 0. The molecule has 0 nitrogen and oxygen atoms in total. The van der Waals surface area contributed by atoms with E-state index in [2.05, 4.69) is 39.0 Å². The summed E-state index contributed by atoms with van der Waals surface area (Å²) < 4.78 is 0. The van der Waals surface area contributed by atoms with Gasteiger partial charge in [-0.1, -0.05) is 31.5 Å². The molecule has 1 aromatic rings. The first-order valence-corrected chi connectivity index (χ1v) is 6.33. The molecule has 1 unspecified atom stereocenters. The number of benzene rings is 1. The third kappa shape index (κ3) is 3.53. The summed E-state index contributed by atoms with van der Waals surface area (Å²) in [5.74, 6) is 1.41. The van der Waals surface area contributed by atoms with E-state index < -0.39 is 0 Å². The van der Waals surface area contributed by atoms with E-state index in [0.29, 0.717) is 5.92 Å². The molecule has 1 aromatic carbocycles. The maximum absolute atomic E-state index is 6.00. The first-order valence-electron chi connectivity index (χ1n) is 5.80. The maximum atomic E-state index is 6.00. The molecule has 0 amide bonds. The molecule has 0 aliphatic carbocycles. The fourth-order valence-electron chi connectivity index (χ4n) is 2.10. The van der Waals surface area contributed by atoms with Gasteiger partial charge in [-0.2, -0.15) is 0 Å². The number of halogens is 1.